The van der Waals surface area contributed by atoms with Gasteiger partial charge in [-0.15, -0.1) is 0 Å². The maximum atomic E-state index is 10.0. The fourth-order valence-corrected chi connectivity index (χ4v) is 0.564. The van der Waals surface area contributed by atoms with E-state index >= 15 is 0 Å². The average Bonchev–Trinajstić information content (AvgIpc) is 1.83. The van der Waals surface area contributed by atoms with Crippen molar-refractivity contribution in [2.75, 3.05) is 0 Å². The van der Waals surface area contributed by atoms with Crippen LogP contribution in [0.1, 0.15) is 40.0 Å². The van der Waals surface area contributed by atoms with Gasteiger partial charge in [-0.1, -0.05) is 6.92 Å². The van der Waals surface area contributed by atoms with Crippen LogP contribution in [0.25, 0.3) is 0 Å². The predicted molar refractivity (Wildman–Crippen MR) is 48.5 cm³/mol. The van der Waals surface area contributed by atoms with Gasteiger partial charge in [-0.25, -0.2) is 0 Å². The number of carbonyl (C=O) groups excluding carboxylic acids is 2. The van der Waals surface area contributed by atoms with E-state index in [-0.39, 0.29) is 44.2 Å². The van der Waals surface area contributed by atoms with Crippen LogP contribution in [0.5, 0.6) is 0 Å². The molecule has 0 heterocycles. The van der Waals surface area contributed by atoms with Gasteiger partial charge in [0, 0.05) is 32.6 Å². The maximum Gasteiger partial charge on any atom is 0.303 e. The Morgan fingerprint density at radius 2 is 1.43 bits per heavy atom. The summed E-state index contributed by atoms with van der Waals surface area (Å²) in [4.78, 5) is 29.7. The van der Waals surface area contributed by atoms with E-state index < -0.39 is 5.97 Å². The minimum Gasteiger partial charge on any atom is -0.481 e. The molecule has 0 unspecified atom stereocenters. The van der Waals surface area contributed by atoms with E-state index in [0.29, 0.717) is 6.42 Å². The number of Topliss-reactive ketones (excluding diaryl/α,β-unsaturated/α-hetero) is 2. The van der Waals surface area contributed by atoms with Crippen LogP contribution >= 0.6 is 0 Å². The molecule has 0 radical (unpaired) electrons. The first-order chi connectivity index (χ1) is 5.90. The summed E-state index contributed by atoms with van der Waals surface area (Å²) in [6, 6.07) is 0. The summed E-state index contributed by atoms with van der Waals surface area (Å²) in [6.07, 6.45) is 1.11. The SMILES string of the molecule is CC(=O)CC(C)=O.CCCC(=O)O.[Zr]. The number of hydrogen-bond donors (Lipinski definition) is 1. The van der Waals surface area contributed by atoms with Crippen molar-refractivity contribution in [3.63, 3.8) is 0 Å². The van der Waals surface area contributed by atoms with E-state index in [1.807, 2.05) is 6.92 Å². The van der Waals surface area contributed by atoms with E-state index in [2.05, 4.69) is 0 Å². The van der Waals surface area contributed by atoms with Gasteiger partial charge in [0.05, 0.1) is 6.42 Å². The van der Waals surface area contributed by atoms with Gasteiger partial charge in [0.15, 0.2) is 0 Å². The van der Waals surface area contributed by atoms with Gasteiger partial charge in [-0.3, -0.25) is 14.4 Å². The molecule has 4 nitrogen and oxygen atoms in total. The van der Waals surface area contributed by atoms with Gasteiger partial charge < -0.3 is 5.11 Å². The Labute approximate surface area is 103 Å². The van der Waals surface area contributed by atoms with Crippen LogP contribution in [0.3, 0.4) is 0 Å². The summed E-state index contributed by atoms with van der Waals surface area (Å²) < 4.78 is 0. The molecule has 14 heavy (non-hydrogen) atoms. The molecule has 0 aliphatic rings. The number of rotatable bonds is 4. The fourth-order valence-electron chi connectivity index (χ4n) is 0.564. The second-order valence-electron chi connectivity index (χ2n) is 2.72. The zero-order chi connectivity index (χ0) is 10.9. The van der Waals surface area contributed by atoms with Crippen molar-refractivity contribution in [3.8, 4) is 0 Å². The molecular weight excluding hydrogens is 263 g/mol. The van der Waals surface area contributed by atoms with Gasteiger partial charge in [-0.2, -0.15) is 0 Å². The first-order valence-electron chi connectivity index (χ1n) is 4.10. The van der Waals surface area contributed by atoms with E-state index in [1.54, 1.807) is 0 Å². The molecule has 0 saturated heterocycles. The minimum absolute atomic E-state index is 0. The Kier molecular flexibility index (Phi) is 17.5. The van der Waals surface area contributed by atoms with Crippen LogP contribution < -0.4 is 0 Å². The molecule has 0 amide bonds. The standard InChI is InChI=1S/C5H8O2.C4H8O2.Zr/c1-4(6)3-5(2)7;1-2-3-4(5)6;/h3H2,1-2H3;2-3H2,1H3,(H,5,6);. The third-order valence-electron chi connectivity index (χ3n) is 0.962. The van der Waals surface area contributed by atoms with Crippen LogP contribution in [-0.2, 0) is 40.6 Å². The van der Waals surface area contributed by atoms with Crippen LogP contribution in [0.15, 0.2) is 0 Å². The first kappa shape index (κ1) is 19.3. The summed E-state index contributed by atoms with van der Waals surface area (Å²) >= 11 is 0. The molecule has 0 atom stereocenters. The van der Waals surface area contributed by atoms with Gasteiger partial charge in [0.25, 0.3) is 0 Å². The summed E-state index contributed by atoms with van der Waals surface area (Å²) in [7, 11) is 0. The second-order valence-corrected chi connectivity index (χ2v) is 2.72. The Morgan fingerprint density at radius 1 is 1.07 bits per heavy atom. The molecule has 0 aliphatic carbocycles. The van der Waals surface area contributed by atoms with Gasteiger partial charge in [-0.05, 0) is 20.3 Å². The monoisotopic (exact) mass is 278 g/mol. The van der Waals surface area contributed by atoms with E-state index in [0.717, 1.165) is 6.42 Å². The number of carboxylic acid groups (broad SMARTS) is 1. The molecule has 0 bridgehead atoms. The zero-order valence-corrected chi connectivity index (χ0v) is 11.3. The predicted octanol–water partition coefficient (Wildman–Crippen LogP) is 1.42. The quantitative estimate of drug-likeness (QED) is 0.790. The third-order valence-corrected chi connectivity index (χ3v) is 0.962. The Morgan fingerprint density at radius 3 is 1.43 bits per heavy atom. The zero-order valence-electron chi connectivity index (χ0n) is 8.79. The van der Waals surface area contributed by atoms with Crippen LogP contribution in [-0.4, -0.2) is 22.6 Å². The molecule has 5 heteroatoms. The van der Waals surface area contributed by atoms with Crippen LogP contribution in [0.4, 0.5) is 0 Å². The first-order valence-corrected chi connectivity index (χ1v) is 4.10. The maximum absolute atomic E-state index is 10.0. The number of hydrogen-bond acceptors (Lipinski definition) is 3. The van der Waals surface area contributed by atoms with E-state index in [1.165, 1.54) is 13.8 Å². The number of aliphatic carboxylic acids is 1. The second kappa shape index (κ2) is 12.7. The average molecular weight is 279 g/mol. The smallest absolute Gasteiger partial charge is 0.303 e. The van der Waals surface area contributed by atoms with Crippen LogP contribution in [0, 0.1) is 0 Å². The molecule has 0 spiro atoms. The van der Waals surface area contributed by atoms with Crippen molar-refractivity contribution in [1.29, 1.82) is 0 Å². The fraction of sp³-hybridized carbons (Fsp3) is 0.667. The Hall–Kier alpha value is -0.307. The van der Waals surface area contributed by atoms with Gasteiger partial charge >= 0.3 is 5.97 Å². The summed E-state index contributed by atoms with van der Waals surface area (Å²) in [5.41, 5.74) is 0. The molecule has 0 rings (SSSR count). The summed E-state index contributed by atoms with van der Waals surface area (Å²) in [5, 5.41) is 7.91. The van der Waals surface area contributed by atoms with Crippen molar-refractivity contribution in [1.82, 2.24) is 0 Å². The Bertz CT molecular complexity index is 177. The normalized spacial score (nSPS) is 7.64. The van der Waals surface area contributed by atoms with E-state index in [9.17, 15) is 14.4 Å². The van der Waals surface area contributed by atoms with E-state index in [4.69, 9.17) is 5.11 Å². The summed E-state index contributed by atoms with van der Waals surface area (Å²) in [5.74, 6) is -0.836. The largest absolute Gasteiger partial charge is 0.481 e. The molecule has 80 valence electrons. The van der Waals surface area contributed by atoms with Crippen molar-refractivity contribution in [3.05, 3.63) is 0 Å². The molecular formula is C9H16O4Zr. The number of ketones is 2. The molecule has 1 N–H and O–H groups in total. The van der Waals surface area contributed by atoms with Gasteiger partial charge in [0.2, 0.25) is 0 Å². The molecule has 0 saturated carbocycles. The van der Waals surface area contributed by atoms with Crippen molar-refractivity contribution >= 4 is 17.5 Å². The van der Waals surface area contributed by atoms with Crippen molar-refractivity contribution in [2.24, 2.45) is 0 Å². The van der Waals surface area contributed by atoms with Crippen LogP contribution in [0.2, 0.25) is 0 Å². The topological polar surface area (TPSA) is 71.4 Å². The molecule has 0 aromatic heterocycles. The van der Waals surface area contributed by atoms with Gasteiger partial charge in [0.1, 0.15) is 11.6 Å². The minimum atomic E-state index is -0.711. The molecule has 0 aromatic carbocycles. The summed E-state index contributed by atoms with van der Waals surface area (Å²) in [6.45, 7) is 4.65. The third kappa shape index (κ3) is 29.8. The number of carbonyl (C=O) groups is 3. The number of carboxylic acids is 1. The molecule has 0 fully saturated rings. The molecule has 0 aromatic rings. The Balaban J connectivity index is -0.000000163. The van der Waals surface area contributed by atoms with Crippen molar-refractivity contribution in [2.45, 2.75) is 40.0 Å². The van der Waals surface area contributed by atoms with Crippen molar-refractivity contribution < 1.29 is 45.7 Å². The molecule has 0 aliphatic heterocycles.